The number of halogens is 3. The molecule has 23 heavy (non-hydrogen) atoms. The summed E-state index contributed by atoms with van der Waals surface area (Å²) < 4.78 is 48.9. The molecule has 0 saturated heterocycles. The van der Waals surface area contributed by atoms with E-state index in [1.165, 1.54) is 38.4 Å². The average Bonchev–Trinajstić information content (AvgIpc) is 2.52. The van der Waals surface area contributed by atoms with Gasteiger partial charge in [0.05, 0.1) is 25.4 Å². The molecule has 122 valence electrons. The van der Waals surface area contributed by atoms with Crippen LogP contribution in [0.25, 0.3) is 5.57 Å². The molecule has 7 heteroatoms. The number of hydrogen-bond acceptors (Lipinski definition) is 4. The van der Waals surface area contributed by atoms with E-state index in [4.69, 9.17) is 9.47 Å². The highest BCUT2D eigenvalue weighted by Crippen LogP contribution is 2.39. The number of rotatable bonds is 3. The molecule has 4 nitrogen and oxygen atoms in total. The Hall–Kier alpha value is -2.50. The Balaban J connectivity index is 2.61. The van der Waals surface area contributed by atoms with Crippen molar-refractivity contribution in [2.24, 2.45) is 0 Å². The fourth-order valence-corrected chi connectivity index (χ4v) is 2.23. The zero-order valence-corrected chi connectivity index (χ0v) is 12.3. The minimum atomic E-state index is -4.64. The molecule has 1 atom stereocenters. The first-order valence-electron chi connectivity index (χ1n) is 6.48. The van der Waals surface area contributed by atoms with Gasteiger partial charge in [0.15, 0.2) is 11.5 Å². The SMILES string of the molecule is COc1ccc(C2=CC(C(F)(F)F)=CC(O)C2=C=O)cc1OC. The smallest absolute Gasteiger partial charge is 0.416 e. The third kappa shape index (κ3) is 3.31. The molecule has 1 aromatic rings. The van der Waals surface area contributed by atoms with Gasteiger partial charge in [-0.2, -0.15) is 13.2 Å². The third-order valence-corrected chi connectivity index (χ3v) is 3.36. The maximum Gasteiger partial charge on any atom is 0.416 e. The van der Waals surface area contributed by atoms with Crippen LogP contribution in [-0.2, 0) is 4.79 Å². The number of benzene rings is 1. The lowest BCUT2D eigenvalue weighted by Crippen LogP contribution is -2.20. The van der Waals surface area contributed by atoms with Gasteiger partial charge in [-0.15, -0.1) is 0 Å². The van der Waals surface area contributed by atoms with Crippen molar-refractivity contribution >= 4 is 11.5 Å². The first-order valence-corrected chi connectivity index (χ1v) is 6.48. The average molecular weight is 326 g/mol. The largest absolute Gasteiger partial charge is 0.493 e. The van der Waals surface area contributed by atoms with E-state index in [1.807, 2.05) is 0 Å². The second kappa shape index (κ2) is 6.32. The van der Waals surface area contributed by atoms with Gasteiger partial charge in [0.1, 0.15) is 12.0 Å². The summed E-state index contributed by atoms with van der Waals surface area (Å²) >= 11 is 0. The van der Waals surface area contributed by atoms with Gasteiger partial charge in [0.25, 0.3) is 0 Å². The van der Waals surface area contributed by atoms with Crippen molar-refractivity contribution in [3.63, 3.8) is 0 Å². The van der Waals surface area contributed by atoms with E-state index in [2.05, 4.69) is 0 Å². The first-order chi connectivity index (χ1) is 10.8. The second-order valence-corrected chi connectivity index (χ2v) is 4.71. The van der Waals surface area contributed by atoms with Crippen LogP contribution in [0.15, 0.2) is 41.5 Å². The molecule has 0 bridgehead atoms. The first kappa shape index (κ1) is 16.9. The monoisotopic (exact) mass is 326 g/mol. The minimum absolute atomic E-state index is 0.0664. The number of hydrogen-bond donors (Lipinski definition) is 1. The fraction of sp³-hybridized carbons (Fsp3) is 0.250. The summed E-state index contributed by atoms with van der Waals surface area (Å²) in [5.74, 6) is 2.18. The molecule has 0 fully saturated rings. The number of methoxy groups -OCH3 is 2. The van der Waals surface area contributed by atoms with Crippen LogP contribution in [0.3, 0.4) is 0 Å². The van der Waals surface area contributed by atoms with Crippen LogP contribution in [0.5, 0.6) is 11.5 Å². The Morgan fingerprint density at radius 2 is 1.83 bits per heavy atom. The lowest BCUT2D eigenvalue weighted by Gasteiger charge is -2.21. The standard InChI is InChI=1S/C16H13F3O4/c1-22-14-4-3-9(5-15(14)23-2)11-6-10(16(17,18)19)7-13(21)12(11)8-20/h3-7,13,21H,1-2H3. The molecule has 0 aromatic heterocycles. The van der Waals surface area contributed by atoms with Crippen molar-refractivity contribution in [2.45, 2.75) is 12.3 Å². The predicted octanol–water partition coefficient (Wildman–Crippen LogP) is 2.71. The molecule has 0 saturated carbocycles. The molecule has 0 amide bonds. The molecule has 0 spiro atoms. The summed E-state index contributed by atoms with van der Waals surface area (Å²) in [4.78, 5) is 11.1. The van der Waals surface area contributed by atoms with E-state index in [-0.39, 0.29) is 22.5 Å². The highest BCUT2D eigenvalue weighted by atomic mass is 19.4. The van der Waals surface area contributed by atoms with Gasteiger partial charge in [0, 0.05) is 0 Å². The highest BCUT2D eigenvalue weighted by Gasteiger charge is 2.36. The lowest BCUT2D eigenvalue weighted by molar-refractivity contribution is -0.0890. The molecule has 1 N–H and O–H groups in total. The molecule has 1 unspecified atom stereocenters. The molecule has 1 aliphatic carbocycles. The number of alkyl halides is 3. The summed E-state index contributed by atoms with van der Waals surface area (Å²) in [5, 5.41) is 9.79. The van der Waals surface area contributed by atoms with Crippen LogP contribution >= 0.6 is 0 Å². The van der Waals surface area contributed by atoms with Gasteiger partial charge in [-0.1, -0.05) is 6.07 Å². The Morgan fingerprint density at radius 3 is 2.35 bits per heavy atom. The molecule has 0 radical (unpaired) electrons. The van der Waals surface area contributed by atoms with Gasteiger partial charge in [-0.3, -0.25) is 0 Å². The zero-order valence-electron chi connectivity index (χ0n) is 12.3. The number of allylic oxidation sites excluding steroid dienone is 2. The van der Waals surface area contributed by atoms with Gasteiger partial charge in [0.2, 0.25) is 0 Å². The summed E-state index contributed by atoms with van der Waals surface area (Å²) in [5.41, 5.74) is -1.10. The maximum absolute atomic E-state index is 12.9. The van der Waals surface area contributed by atoms with E-state index in [0.29, 0.717) is 11.8 Å². The van der Waals surface area contributed by atoms with E-state index in [9.17, 15) is 23.1 Å². The molecule has 0 heterocycles. The summed E-state index contributed by atoms with van der Waals surface area (Å²) in [6.45, 7) is 0. The Bertz CT molecular complexity index is 725. The van der Waals surface area contributed by atoms with Gasteiger partial charge < -0.3 is 14.6 Å². The number of aliphatic hydroxyl groups is 1. The summed E-state index contributed by atoms with van der Waals surface area (Å²) in [6.07, 6.45) is -4.95. The van der Waals surface area contributed by atoms with Gasteiger partial charge >= 0.3 is 6.18 Å². The number of aliphatic hydroxyl groups excluding tert-OH is 1. The van der Waals surface area contributed by atoms with Crippen molar-refractivity contribution in [3.05, 3.63) is 47.1 Å². The third-order valence-electron chi connectivity index (χ3n) is 3.36. The summed E-state index contributed by atoms with van der Waals surface area (Å²) in [6, 6.07) is 4.39. The Morgan fingerprint density at radius 1 is 1.17 bits per heavy atom. The van der Waals surface area contributed by atoms with Crippen LogP contribution in [0.4, 0.5) is 13.2 Å². The lowest BCUT2D eigenvalue weighted by atomic mass is 9.88. The second-order valence-electron chi connectivity index (χ2n) is 4.71. The molecule has 0 aliphatic heterocycles. The number of carbonyl (C=O) groups excluding carboxylic acids is 1. The zero-order chi connectivity index (χ0) is 17.2. The van der Waals surface area contributed by atoms with Crippen molar-refractivity contribution in [1.82, 2.24) is 0 Å². The van der Waals surface area contributed by atoms with Crippen LogP contribution < -0.4 is 9.47 Å². The normalized spacial score (nSPS) is 18.0. The van der Waals surface area contributed by atoms with Crippen molar-refractivity contribution in [1.29, 1.82) is 0 Å². The number of ether oxygens (including phenoxy) is 2. The van der Waals surface area contributed by atoms with Crippen LogP contribution in [0.1, 0.15) is 5.56 Å². The van der Waals surface area contributed by atoms with Crippen molar-refractivity contribution < 1.29 is 32.5 Å². The molecular formula is C16H13F3O4. The topological polar surface area (TPSA) is 55.8 Å². The van der Waals surface area contributed by atoms with E-state index in [0.717, 1.165) is 6.08 Å². The molecule has 2 rings (SSSR count). The maximum atomic E-state index is 12.9. The molecule has 1 aromatic carbocycles. The van der Waals surface area contributed by atoms with Crippen LogP contribution in [0.2, 0.25) is 0 Å². The van der Waals surface area contributed by atoms with E-state index < -0.39 is 17.9 Å². The minimum Gasteiger partial charge on any atom is -0.493 e. The quantitative estimate of drug-likeness (QED) is 0.868. The molecule has 1 aliphatic rings. The van der Waals surface area contributed by atoms with Crippen molar-refractivity contribution in [3.8, 4) is 11.5 Å². The highest BCUT2D eigenvalue weighted by molar-refractivity contribution is 5.92. The predicted molar refractivity (Wildman–Crippen MR) is 76.9 cm³/mol. The fourth-order valence-electron chi connectivity index (χ4n) is 2.23. The van der Waals surface area contributed by atoms with Gasteiger partial charge in [-0.05, 0) is 35.4 Å². The van der Waals surface area contributed by atoms with E-state index >= 15 is 0 Å². The van der Waals surface area contributed by atoms with E-state index in [1.54, 1.807) is 0 Å². The Labute approximate surface area is 130 Å². The molecular weight excluding hydrogens is 313 g/mol. The summed E-state index contributed by atoms with van der Waals surface area (Å²) in [7, 11) is 2.80. The van der Waals surface area contributed by atoms with Crippen LogP contribution in [0, 0.1) is 0 Å². The van der Waals surface area contributed by atoms with Crippen molar-refractivity contribution in [2.75, 3.05) is 14.2 Å². The van der Waals surface area contributed by atoms with Gasteiger partial charge in [-0.25, -0.2) is 4.79 Å². The van der Waals surface area contributed by atoms with Crippen LogP contribution in [-0.4, -0.2) is 37.5 Å². The Kier molecular flexibility index (Phi) is 4.63.